The number of rotatable bonds is 16. The molecule has 0 radical (unpaired) electrons. The first kappa shape index (κ1) is 54.3. The van der Waals surface area contributed by atoms with Gasteiger partial charge in [-0.2, -0.15) is 15.1 Å². The number of aryl methyl sites for hydroxylation is 1. The first-order chi connectivity index (χ1) is 40.8. The lowest BCUT2D eigenvalue weighted by Crippen LogP contribution is -2.53. The number of benzene rings is 4. The van der Waals surface area contributed by atoms with Crippen LogP contribution in [0, 0.1) is 31.4 Å². The van der Waals surface area contributed by atoms with Crippen molar-refractivity contribution in [1.82, 2.24) is 55.7 Å². The van der Waals surface area contributed by atoms with Crippen LogP contribution in [0.5, 0.6) is 17.5 Å². The molecule has 4 aromatic heterocycles. The third-order valence-electron chi connectivity index (χ3n) is 17.8. The fourth-order valence-electron chi connectivity index (χ4n) is 13.3. The Hall–Kier alpha value is -7.70. The van der Waals surface area contributed by atoms with Gasteiger partial charge in [0.15, 0.2) is 5.75 Å². The van der Waals surface area contributed by atoms with Gasteiger partial charge >= 0.3 is 6.01 Å². The number of halogens is 2. The minimum atomic E-state index is -1.03. The van der Waals surface area contributed by atoms with Gasteiger partial charge in [0.1, 0.15) is 65.8 Å². The van der Waals surface area contributed by atoms with E-state index in [1.165, 1.54) is 33.1 Å². The second-order valence-electron chi connectivity index (χ2n) is 23.5. The van der Waals surface area contributed by atoms with Crippen LogP contribution in [0.25, 0.3) is 54.6 Å². The van der Waals surface area contributed by atoms with Gasteiger partial charge in [-0.1, -0.05) is 55.5 Å². The monoisotopic (exact) mass is 1160 g/mol. The second kappa shape index (κ2) is 21.7. The van der Waals surface area contributed by atoms with Crippen molar-refractivity contribution in [1.29, 1.82) is 0 Å². The van der Waals surface area contributed by atoms with E-state index in [4.69, 9.17) is 28.9 Å². The fraction of sp³-hybridized carbons (Fsp3) is 0.443. The lowest BCUT2D eigenvalue weighted by Gasteiger charge is -2.35. The molecule has 5 fully saturated rings. The molecule has 84 heavy (non-hydrogen) atoms. The van der Waals surface area contributed by atoms with Crippen LogP contribution in [0.4, 0.5) is 14.6 Å². The first-order valence-electron chi connectivity index (χ1n) is 29.0. The van der Waals surface area contributed by atoms with Gasteiger partial charge in [-0.15, -0.1) is 16.4 Å². The standard InChI is InChI=1S/C61H64F2N12O8S/c1-29(2)54(60(79)73-23-38(77)19-47(73)59(78)67-46(25-76)32-5-9-34(10-6-32)57-31(4)65-28-84-57)74-24-45(71-72-74)35-11-12-36(42(63)17-35)26-81-56-51(49-30(3)41(62)20-43-40(49)22-66-70-43)50(33-7-8-33)55-52-53(56)68-61(83-39-13-15-80-16-14-39)69-58(52)75-37-18-44(64-21-37)48(75)27-82-55/h5-6,9-12,17,20,22,24,28-29,33,37-39,44,46-48,54,64,76-77H,7-8,13-16,18-19,21,23,25-27H2,1-4H3,(H,66,70)(H,67,78)/t37-,38+,44-,46-,47-,48+,54-/m0/s1. The molecule has 6 aliphatic rings. The topological polar surface area (TPSA) is 240 Å². The second-order valence-corrected chi connectivity index (χ2v) is 24.3. The van der Waals surface area contributed by atoms with E-state index in [1.54, 1.807) is 37.0 Å². The number of anilines is 1. The number of aromatic amines is 1. The summed E-state index contributed by atoms with van der Waals surface area (Å²) in [5, 5.41) is 45.4. The number of aliphatic hydroxyl groups excluding tert-OH is 2. The average Bonchev–Trinajstić information content (AvgIpc) is 1.70. The van der Waals surface area contributed by atoms with Crippen LogP contribution in [0.2, 0.25) is 0 Å². The molecule has 4 aromatic carbocycles. The summed E-state index contributed by atoms with van der Waals surface area (Å²) in [6.45, 7) is 8.89. The number of hydrogen-bond acceptors (Lipinski definition) is 17. The molecule has 5 aliphatic heterocycles. The van der Waals surface area contributed by atoms with Crippen molar-refractivity contribution < 1.29 is 47.5 Å². The predicted octanol–water partition coefficient (Wildman–Crippen LogP) is 7.78. The van der Waals surface area contributed by atoms with Gasteiger partial charge in [-0.25, -0.2) is 18.4 Å². The summed E-state index contributed by atoms with van der Waals surface area (Å²) in [7, 11) is 0. The minimum absolute atomic E-state index is 0.00169. The lowest BCUT2D eigenvalue weighted by atomic mass is 9.88. The molecule has 8 aromatic rings. The molecule has 2 bridgehead atoms. The van der Waals surface area contributed by atoms with E-state index < -0.39 is 54.3 Å². The summed E-state index contributed by atoms with van der Waals surface area (Å²) in [6.07, 6.45) is 6.07. The Bertz CT molecular complexity index is 3860. The van der Waals surface area contributed by atoms with E-state index in [0.29, 0.717) is 99.6 Å². The molecular weight excluding hydrogens is 1100 g/mol. The maximum atomic E-state index is 17.0. The smallest absolute Gasteiger partial charge is 0.319 e. The fourth-order valence-corrected chi connectivity index (χ4v) is 14.1. The Morgan fingerprint density at radius 3 is 2.55 bits per heavy atom. The number of piperazine rings is 1. The van der Waals surface area contributed by atoms with E-state index in [0.717, 1.165) is 47.5 Å². The number of amides is 2. The van der Waals surface area contributed by atoms with Crippen molar-refractivity contribution in [3.63, 3.8) is 0 Å². The normalized spacial score (nSPS) is 21.9. The summed E-state index contributed by atoms with van der Waals surface area (Å²) in [5.41, 5.74) is 8.54. The van der Waals surface area contributed by atoms with Crippen LogP contribution >= 0.6 is 11.3 Å². The summed E-state index contributed by atoms with van der Waals surface area (Å²) in [5.74, 6) is -0.673. The SMILES string of the molecule is Cc1ncsc1-c1ccc([C@H](CO)NC(=O)[C@@H]2C[C@@H](O)CN2C(=O)[C@H](C(C)C)n2cc(-c3ccc(COc4c(-c5c(C)c(F)cc6[nH]ncc56)c(C5CC5)c5c6c(nc(OC7CCOCC7)nc46)N4[C@@H]6CN[C@@H](C6)[C@H]4CO5)c(F)c3)nn2)cc1. The molecule has 23 heteroatoms. The molecule has 14 rings (SSSR count). The molecule has 5 N–H and O–H groups in total. The van der Waals surface area contributed by atoms with Crippen molar-refractivity contribution in [2.24, 2.45) is 5.92 Å². The summed E-state index contributed by atoms with van der Waals surface area (Å²) < 4.78 is 61.1. The van der Waals surface area contributed by atoms with Gasteiger partial charge < -0.3 is 49.6 Å². The van der Waals surface area contributed by atoms with E-state index in [-0.39, 0.29) is 72.9 Å². The van der Waals surface area contributed by atoms with Crippen LogP contribution in [0.3, 0.4) is 0 Å². The summed E-state index contributed by atoms with van der Waals surface area (Å²) in [4.78, 5) is 48.2. The van der Waals surface area contributed by atoms with Crippen LogP contribution in [-0.2, 0) is 20.9 Å². The number of nitrogens with zero attached hydrogens (tertiary/aromatic N) is 9. The van der Waals surface area contributed by atoms with Gasteiger partial charge in [-0.3, -0.25) is 14.7 Å². The van der Waals surface area contributed by atoms with Crippen molar-refractivity contribution in [2.75, 3.05) is 44.4 Å². The Kier molecular flexibility index (Phi) is 14.0. The van der Waals surface area contributed by atoms with Crippen LogP contribution in [0.15, 0.2) is 66.4 Å². The number of aliphatic hydroxyl groups is 2. The molecule has 0 spiro atoms. The molecule has 0 unspecified atom stereocenters. The third-order valence-corrected chi connectivity index (χ3v) is 18.7. The van der Waals surface area contributed by atoms with Crippen LogP contribution < -0.4 is 29.7 Å². The van der Waals surface area contributed by atoms with Crippen molar-refractivity contribution >= 4 is 50.8 Å². The lowest BCUT2D eigenvalue weighted by molar-refractivity contribution is -0.142. The number of fused-ring (bicyclic) bond motifs is 7. The Balaban J connectivity index is 0.776. The molecule has 4 saturated heterocycles. The quantitative estimate of drug-likeness (QED) is 0.0620. The van der Waals surface area contributed by atoms with E-state index in [2.05, 4.69) is 41.0 Å². The maximum absolute atomic E-state index is 17.0. The van der Waals surface area contributed by atoms with Gasteiger partial charge in [0.05, 0.1) is 77.4 Å². The van der Waals surface area contributed by atoms with Gasteiger partial charge in [0.25, 0.3) is 0 Å². The minimum Gasteiger partial charge on any atom is -0.490 e. The Labute approximate surface area is 485 Å². The molecule has 1 saturated carbocycles. The highest BCUT2D eigenvalue weighted by Crippen LogP contribution is 2.59. The highest BCUT2D eigenvalue weighted by atomic mass is 32.1. The van der Waals surface area contributed by atoms with Gasteiger partial charge in [0, 0.05) is 77.6 Å². The average molecular weight is 1160 g/mol. The molecule has 7 atom stereocenters. The summed E-state index contributed by atoms with van der Waals surface area (Å²) >= 11 is 1.53. The number of hydrogen-bond donors (Lipinski definition) is 5. The number of likely N-dealkylation sites (tertiary alicyclic amines) is 1. The Morgan fingerprint density at radius 2 is 1.80 bits per heavy atom. The zero-order chi connectivity index (χ0) is 57.7. The maximum Gasteiger partial charge on any atom is 0.319 e. The molecule has 436 valence electrons. The van der Waals surface area contributed by atoms with Gasteiger partial charge in [-0.05, 0) is 73.8 Å². The number of thiazole rings is 1. The van der Waals surface area contributed by atoms with Crippen molar-refractivity contribution in [2.45, 2.75) is 127 Å². The third kappa shape index (κ3) is 9.56. The largest absolute Gasteiger partial charge is 0.490 e. The number of aromatic nitrogens is 8. The first-order valence-corrected chi connectivity index (χ1v) is 29.8. The highest BCUT2D eigenvalue weighted by Gasteiger charge is 2.51. The molecular formula is C61H64F2N12O8S. The van der Waals surface area contributed by atoms with E-state index >= 15 is 8.78 Å². The molecule has 1 aliphatic carbocycles. The number of β-amino-alcohol motifs (C(OH)–C–C–N with tert-alkyl or cyclic N) is 1. The highest BCUT2D eigenvalue weighted by molar-refractivity contribution is 7.13. The number of ether oxygens (including phenoxy) is 4. The Morgan fingerprint density at radius 1 is 0.988 bits per heavy atom. The molecule has 9 heterocycles. The van der Waals surface area contributed by atoms with Crippen LogP contribution in [0.1, 0.15) is 98.3 Å². The van der Waals surface area contributed by atoms with Gasteiger partial charge in [0.2, 0.25) is 11.8 Å². The molecule has 2 amide bonds. The van der Waals surface area contributed by atoms with Crippen molar-refractivity contribution in [3.8, 4) is 50.3 Å². The zero-order valence-electron chi connectivity index (χ0n) is 46.8. The number of nitrogens with one attached hydrogen (secondary N) is 3. The zero-order valence-corrected chi connectivity index (χ0v) is 47.7. The number of H-pyrrole nitrogens is 1. The van der Waals surface area contributed by atoms with E-state index in [1.807, 2.05) is 45.0 Å². The predicted molar refractivity (Wildman–Crippen MR) is 308 cm³/mol. The number of carbonyl (C=O) groups is 2. The summed E-state index contributed by atoms with van der Waals surface area (Å²) in [6, 6.07) is 11.3. The van der Waals surface area contributed by atoms with Crippen LogP contribution in [-0.4, -0.2) is 143 Å². The molecule has 20 nitrogen and oxygen atoms in total. The van der Waals surface area contributed by atoms with Crippen molar-refractivity contribution in [3.05, 3.63) is 106 Å². The van der Waals surface area contributed by atoms with E-state index in [9.17, 15) is 19.8 Å². The number of carbonyl (C=O) groups excluding carboxylic acids is 2.